The predicted octanol–water partition coefficient (Wildman–Crippen LogP) is 8.27. The second-order valence-electron chi connectivity index (χ2n) is 9.12. The molecule has 0 radical (unpaired) electrons. The lowest BCUT2D eigenvalue weighted by atomic mass is 9.75. The molecule has 31 heavy (non-hydrogen) atoms. The van der Waals surface area contributed by atoms with Crippen LogP contribution in [-0.2, 0) is 9.47 Å². The van der Waals surface area contributed by atoms with Gasteiger partial charge in [0.15, 0.2) is 0 Å². The van der Waals surface area contributed by atoms with Crippen molar-refractivity contribution >= 4 is 6.16 Å². The van der Waals surface area contributed by atoms with Gasteiger partial charge in [0, 0.05) is 11.3 Å². The molecule has 0 aromatic heterocycles. The van der Waals surface area contributed by atoms with Crippen LogP contribution in [0.1, 0.15) is 73.1 Å². The summed E-state index contributed by atoms with van der Waals surface area (Å²) in [4.78, 5) is 12.0. The van der Waals surface area contributed by atoms with Gasteiger partial charge in [0.2, 0.25) is 0 Å². The molecular weight excluding hydrogens is 384 g/mol. The van der Waals surface area contributed by atoms with Gasteiger partial charge in [-0.1, -0.05) is 86.8 Å². The van der Waals surface area contributed by atoms with E-state index in [9.17, 15) is 4.79 Å². The second-order valence-corrected chi connectivity index (χ2v) is 9.12. The van der Waals surface area contributed by atoms with Gasteiger partial charge in [-0.15, -0.1) is 0 Å². The van der Waals surface area contributed by atoms with E-state index in [4.69, 9.17) is 9.47 Å². The zero-order chi connectivity index (χ0) is 23.0. The Labute approximate surface area is 190 Å². The summed E-state index contributed by atoms with van der Waals surface area (Å²) in [6, 6.07) is 0. The van der Waals surface area contributed by atoms with E-state index in [1.54, 1.807) is 0 Å². The van der Waals surface area contributed by atoms with Crippen molar-refractivity contribution in [1.29, 1.82) is 0 Å². The molecule has 0 fully saturated rings. The van der Waals surface area contributed by atoms with Gasteiger partial charge in [-0.05, 0) is 59.3 Å². The number of hydrogen-bond donors (Lipinski definition) is 0. The van der Waals surface area contributed by atoms with Crippen LogP contribution in [0.2, 0.25) is 0 Å². The standard InChI is InChI=1S/C28H42O3/c1-6-25(24-30-26(29)31-27(2,3)4)28(5)22-20-18-16-14-12-10-8-7-9-11-13-15-17-19-21-23-28/h8-11,14-17,20-23,25H,6-7,12-13,18-19,24H2,1-5H3/b10-8-,11-9-,16-14-,17-15-,22-20-,23-21?. The van der Waals surface area contributed by atoms with Crippen LogP contribution in [-0.4, -0.2) is 18.4 Å². The number of carbonyl (C=O) groups is 1. The Morgan fingerprint density at radius 3 is 1.55 bits per heavy atom. The Morgan fingerprint density at radius 1 is 0.806 bits per heavy atom. The molecule has 3 heteroatoms. The fourth-order valence-electron chi connectivity index (χ4n) is 3.32. The van der Waals surface area contributed by atoms with E-state index in [0.717, 1.165) is 38.5 Å². The van der Waals surface area contributed by atoms with Gasteiger partial charge in [-0.25, -0.2) is 4.79 Å². The fourth-order valence-corrected chi connectivity index (χ4v) is 3.32. The lowest BCUT2D eigenvalue weighted by Crippen LogP contribution is -2.30. The van der Waals surface area contributed by atoms with Gasteiger partial charge in [0.25, 0.3) is 0 Å². The average molecular weight is 427 g/mol. The van der Waals surface area contributed by atoms with E-state index in [1.807, 2.05) is 20.8 Å². The molecule has 1 aliphatic rings. The summed E-state index contributed by atoms with van der Waals surface area (Å²) in [5.41, 5.74) is -0.755. The zero-order valence-corrected chi connectivity index (χ0v) is 20.2. The predicted molar refractivity (Wildman–Crippen MR) is 132 cm³/mol. The molecule has 0 aromatic rings. The molecule has 0 saturated heterocycles. The molecule has 3 nitrogen and oxygen atoms in total. The Bertz CT molecular complexity index is 648. The zero-order valence-electron chi connectivity index (χ0n) is 20.2. The number of carbonyl (C=O) groups excluding carboxylic acids is 1. The van der Waals surface area contributed by atoms with Crippen LogP contribution in [0.15, 0.2) is 72.9 Å². The molecule has 0 amide bonds. The summed E-state index contributed by atoms with van der Waals surface area (Å²) < 4.78 is 10.8. The van der Waals surface area contributed by atoms with Gasteiger partial charge in [0.05, 0.1) is 6.61 Å². The van der Waals surface area contributed by atoms with Crippen LogP contribution >= 0.6 is 0 Å². The number of rotatable bonds is 4. The van der Waals surface area contributed by atoms with Crippen molar-refractivity contribution in [3.63, 3.8) is 0 Å². The fraction of sp³-hybridized carbons (Fsp3) is 0.536. The van der Waals surface area contributed by atoms with E-state index >= 15 is 0 Å². The van der Waals surface area contributed by atoms with Crippen molar-refractivity contribution in [2.45, 2.75) is 78.7 Å². The van der Waals surface area contributed by atoms with Gasteiger partial charge in [-0.3, -0.25) is 0 Å². The molecule has 2 atom stereocenters. The first-order valence-corrected chi connectivity index (χ1v) is 11.6. The van der Waals surface area contributed by atoms with Crippen molar-refractivity contribution in [3.8, 4) is 0 Å². The van der Waals surface area contributed by atoms with Crippen LogP contribution in [0.25, 0.3) is 0 Å². The van der Waals surface area contributed by atoms with E-state index < -0.39 is 11.8 Å². The summed E-state index contributed by atoms with van der Waals surface area (Å²) in [6.45, 7) is 10.2. The molecule has 0 aliphatic heterocycles. The van der Waals surface area contributed by atoms with E-state index in [-0.39, 0.29) is 11.3 Å². The van der Waals surface area contributed by atoms with E-state index in [1.165, 1.54) is 0 Å². The smallest absolute Gasteiger partial charge is 0.434 e. The van der Waals surface area contributed by atoms with Gasteiger partial charge in [-0.2, -0.15) is 0 Å². The topological polar surface area (TPSA) is 35.5 Å². The summed E-state index contributed by atoms with van der Waals surface area (Å²) in [5.74, 6) is 0.164. The van der Waals surface area contributed by atoms with Crippen molar-refractivity contribution < 1.29 is 14.3 Å². The lowest BCUT2D eigenvalue weighted by Gasteiger charge is -2.32. The molecule has 0 bridgehead atoms. The highest BCUT2D eigenvalue weighted by Gasteiger charge is 2.30. The van der Waals surface area contributed by atoms with Crippen molar-refractivity contribution in [3.05, 3.63) is 72.9 Å². The normalized spacial score (nSPS) is 27.1. The van der Waals surface area contributed by atoms with Crippen LogP contribution in [0.4, 0.5) is 4.79 Å². The highest BCUT2D eigenvalue weighted by Crippen LogP contribution is 2.34. The van der Waals surface area contributed by atoms with Crippen LogP contribution in [0.3, 0.4) is 0 Å². The van der Waals surface area contributed by atoms with E-state index in [0.29, 0.717) is 6.61 Å². The Morgan fingerprint density at radius 2 is 1.19 bits per heavy atom. The maximum atomic E-state index is 12.0. The Hall–Kier alpha value is -2.29. The monoisotopic (exact) mass is 426 g/mol. The number of hydrogen-bond acceptors (Lipinski definition) is 3. The van der Waals surface area contributed by atoms with Crippen LogP contribution in [0, 0.1) is 11.3 Å². The van der Waals surface area contributed by atoms with Gasteiger partial charge < -0.3 is 9.47 Å². The maximum Gasteiger partial charge on any atom is 0.508 e. The minimum absolute atomic E-state index is 0.164. The quantitative estimate of drug-likeness (QED) is 0.335. The first-order valence-electron chi connectivity index (χ1n) is 11.6. The summed E-state index contributed by atoms with van der Waals surface area (Å²) >= 11 is 0. The minimum atomic E-state index is -0.602. The molecule has 1 rings (SSSR count). The highest BCUT2D eigenvalue weighted by atomic mass is 16.7. The molecule has 0 heterocycles. The maximum absolute atomic E-state index is 12.0. The average Bonchev–Trinajstić information content (AvgIpc) is 2.69. The molecule has 0 aromatic carbocycles. The van der Waals surface area contributed by atoms with Crippen molar-refractivity contribution in [2.75, 3.05) is 6.61 Å². The number of ether oxygens (including phenoxy) is 2. The van der Waals surface area contributed by atoms with Crippen LogP contribution < -0.4 is 0 Å². The molecule has 2 unspecified atom stereocenters. The third-order valence-electron chi connectivity index (χ3n) is 5.15. The SMILES string of the molecule is CCC(COC(=O)OC(C)(C)C)C1(C)C=CC/C=C\C/C=C\C/C=C\C/C=C\C/C=C\1. The summed E-state index contributed by atoms with van der Waals surface area (Å²) in [6.07, 6.45) is 31.5. The molecule has 0 N–H and O–H groups in total. The molecule has 1 aliphatic carbocycles. The van der Waals surface area contributed by atoms with E-state index in [2.05, 4.69) is 86.8 Å². The summed E-state index contributed by atoms with van der Waals surface area (Å²) in [7, 11) is 0. The van der Waals surface area contributed by atoms with Crippen molar-refractivity contribution in [1.82, 2.24) is 0 Å². The third-order valence-corrected chi connectivity index (χ3v) is 5.15. The largest absolute Gasteiger partial charge is 0.508 e. The Balaban J connectivity index is 2.91. The Kier molecular flexibility index (Phi) is 12.7. The minimum Gasteiger partial charge on any atom is -0.434 e. The van der Waals surface area contributed by atoms with Gasteiger partial charge >= 0.3 is 6.16 Å². The summed E-state index contributed by atoms with van der Waals surface area (Å²) in [5, 5.41) is 0. The van der Waals surface area contributed by atoms with Gasteiger partial charge in [0.1, 0.15) is 5.60 Å². The molecule has 0 spiro atoms. The highest BCUT2D eigenvalue weighted by molar-refractivity contribution is 5.60. The lowest BCUT2D eigenvalue weighted by molar-refractivity contribution is -0.0179. The molecule has 172 valence electrons. The molecular formula is C28H42O3. The first-order chi connectivity index (χ1) is 14.8. The van der Waals surface area contributed by atoms with Crippen molar-refractivity contribution in [2.24, 2.45) is 11.3 Å². The first kappa shape index (κ1) is 26.7. The third kappa shape index (κ3) is 12.9. The molecule has 0 saturated carbocycles. The number of allylic oxidation sites excluding steroid dienone is 12. The van der Waals surface area contributed by atoms with Crippen LogP contribution in [0.5, 0.6) is 0 Å². The second kappa shape index (κ2) is 14.7.